The summed E-state index contributed by atoms with van der Waals surface area (Å²) in [6, 6.07) is 15.4. The second-order valence-corrected chi connectivity index (χ2v) is 4.98. The predicted molar refractivity (Wildman–Crippen MR) is 76.2 cm³/mol. The molecule has 90 valence electrons. The third-order valence-electron chi connectivity index (χ3n) is 2.91. The van der Waals surface area contributed by atoms with Crippen molar-refractivity contribution in [2.24, 2.45) is 4.99 Å². The SMILES string of the molecule is OC1c2ccccc2N=CN1c1cccc(Br)c1. The van der Waals surface area contributed by atoms with Crippen LogP contribution in [0.3, 0.4) is 0 Å². The molecule has 3 rings (SSSR count). The summed E-state index contributed by atoms with van der Waals surface area (Å²) in [6.07, 6.45) is 0.961. The molecule has 0 bridgehead atoms. The molecule has 0 aromatic heterocycles. The first kappa shape index (κ1) is 11.4. The fourth-order valence-electron chi connectivity index (χ4n) is 2.01. The third kappa shape index (κ3) is 1.94. The first-order valence-corrected chi connectivity index (χ1v) is 6.40. The largest absolute Gasteiger partial charge is 0.369 e. The van der Waals surface area contributed by atoms with E-state index >= 15 is 0 Å². The first-order chi connectivity index (χ1) is 8.75. The molecule has 2 aromatic carbocycles. The fraction of sp³-hybridized carbons (Fsp3) is 0.0714. The lowest BCUT2D eigenvalue weighted by atomic mass is 10.1. The van der Waals surface area contributed by atoms with Crippen LogP contribution in [0.2, 0.25) is 0 Å². The van der Waals surface area contributed by atoms with Gasteiger partial charge in [0.1, 0.15) is 0 Å². The van der Waals surface area contributed by atoms with Gasteiger partial charge in [-0.25, -0.2) is 4.99 Å². The van der Waals surface area contributed by atoms with Crippen molar-refractivity contribution in [2.75, 3.05) is 4.90 Å². The molecule has 1 aliphatic rings. The number of aliphatic imine (C=N–C) groups is 1. The average Bonchev–Trinajstić information content (AvgIpc) is 2.39. The van der Waals surface area contributed by atoms with Gasteiger partial charge < -0.3 is 10.0 Å². The Kier molecular flexibility index (Phi) is 2.89. The maximum atomic E-state index is 10.4. The molecule has 0 spiro atoms. The van der Waals surface area contributed by atoms with Crippen molar-refractivity contribution >= 4 is 33.6 Å². The molecule has 0 fully saturated rings. The van der Waals surface area contributed by atoms with Gasteiger partial charge in [-0.2, -0.15) is 0 Å². The van der Waals surface area contributed by atoms with Crippen LogP contribution in [0.15, 0.2) is 58.0 Å². The van der Waals surface area contributed by atoms with Crippen LogP contribution in [-0.4, -0.2) is 11.4 Å². The molecule has 1 atom stereocenters. The van der Waals surface area contributed by atoms with E-state index in [1.165, 1.54) is 0 Å². The number of hydrogen-bond donors (Lipinski definition) is 1. The molecule has 0 radical (unpaired) electrons. The van der Waals surface area contributed by atoms with Crippen molar-refractivity contribution in [1.29, 1.82) is 0 Å². The molecule has 0 saturated carbocycles. The number of anilines is 1. The van der Waals surface area contributed by atoms with Crippen LogP contribution >= 0.6 is 15.9 Å². The lowest BCUT2D eigenvalue weighted by molar-refractivity contribution is 0.188. The summed E-state index contributed by atoms with van der Waals surface area (Å²) in [6.45, 7) is 0. The standard InChI is InChI=1S/C14H11BrN2O/c15-10-4-3-5-11(8-10)17-9-16-13-7-2-1-6-12(13)14(17)18/h1-9,14,18H. The van der Waals surface area contributed by atoms with Crippen LogP contribution in [0, 0.1) is 0 Å². The van der Waals surface area contributed by atoms with Crippen molar-refractivity contribution in [2.45, 2.75) is 6.23 Å². The molecular formula is C14H11BrN2O. The van der Waals surface area contributed by atoms with Gasteiger partial charge in [-0.3, -0.25) is 0 Å². The van der Waals surface area contributed by atoms with Crippen molar-refractivity contribution in [3.05, 3.63) is 58.6 Å². The normalized spacial score (nSPS) is 17.7. The Morgan fingerprint density at radius 1 is 1.11 bits per heavy atom. The van der Waals surface area contributed by atoms with Crippen molar-refractivity contribution in [3.63, 3.8) is 0 Å². The molecule has 18 heavy (non-hydrogen) atoms. The summed E-state index contributed by atoms with van der Waals surface area (Å²) >= 11 is 3.43. The van der Waals surface area contributed by atoms with Gasteiger partial charge in [0, 0.05) is 15.7 Å². The predicted octanol–water partition coefficient (Wildman–Crippen LogP) is 3.62. The molecule has 2 aromatic rings. The molecule has 3 nitrogen and oxygen atoms in total. The monoisotopic (exact) mass is 302 g/mol. The van der Waals surface area contributed by atoms with Crippen LogP contribution in [-0.2, 0) is 0 Å². The number of aliphatic hydroxyl groups is 1. The quantitative estimate of drug-likeness (QED) is 0.873. The number of halogens is 1. The minimum Gasteiger partial charge on any atom is -0.369 e. The molecule has 1 heterocycles. The number of rotatable bonds is 1. The summed E-state index contributed by atoms with van der Waals surface area (Å²) in [7, 11) is 0. The van der Waals surface area contributed by atoms with Crippen molar-refractivity contribution in [1.82, 2.24) is 0 Å². The van der Waals surface area contributed by atoms with Gasteiger partial charge in [-0.1, -0.05) is 40.2 Å². The molecule has 0 saturated heterocycles. The van der Waals surface area contributed by atoms with E-state index in [2.05, 4.69) is 20.9 Å². The van der Waals surface area contributed by atoms with E-state index in [4.69, 9.17) is 0 Å². The number of para-hydroxylation sites is 1. The zero-order valence-corrected chi connectivity index (χ0v) is 11.1. The maximum Gasteiger partial charge on any atom is 0.160 e. The molecule has 4 heteroatoms. The van der Waals surface area contributed by atoms with E-state index in [1.54, 1.807) is 11.2 Å². The number of fused-ring (bicyclic) bond motifs is 1. The Hall–Kier alpha value is -1.65. The molecule has 0 aliphatic carbocycles. The molecule has 0 amide bonds. The minimum atomic E-state index is -0.701. The molecular weight excluding hydrogens is 292 g/mol. The minimum absolute atomic E-state index is 0.701. The Morgan fingerprint density at radius 3 is 2.78 bits per heavy atom. The zero-order chi connectivity index (χ0) is 12.5. The smallest absolute Gasteiger partial charge is 0.160 e. The van der Waals surface area contributed by atoms with E-state index in [1.807, 2.05) is 48.5 Å². The Balaban J connectivity index is 2.03. The molecule has 1 unspecified atom stereocenters. The van der Waals surface area contributed by atoms with E-state index in [0.717, 1.165) is 21.4 Å². The van der Waals surface area contributed by atoms with Gasteiger partial charge in [-0.15, -0.1) is 0 Å². The first-order valence-electron chi connectivity index (χ1n) is 5.61. The highest BCUT2D eigenvalue weighted by Crippen LogP contribution is 2.34. The number of aliphatic hydroxyl groups excluding tert-OH is 1. The topological polar surface area (TPSA) is 35.8 Å². The van der Waals surface area contributed by atoms with Gasteiger partial charge in [0.25, 0.3) is 0 Å². The second kappa shape index (κ2) is 4.55. The summed E-state index contributed by atoms with van der Waals surface area (Å²) < 4.78 is 0.972. The molecule has 1 N–H and O–H groups in total. The summed E-state index contributed by atoms with van der Waals surface area (Å²) in [5.41, 5.74) is 2.53. The Bertz CT molecular complexity index is 612. The summed E-state index contributed by atoms with van der Waals surface area (Å²) in [5, 5.41) is 10.4. The van der Waals surface area contributed by atoms with Gasteiger partial charge >= 0.3 is 0 Å². The summed E-state index contributed by atoms with van der Waals surface area (Å²) in [4.78, 5) is 6.10. The van der Waals surface area contributed by atoms with Crippen LogP contribution in [0.4, 0.5) is 11.4 Å². The van der Waals surface area contributed by atoms with Gasteiger partial charge in [0.2, 0.25) is 0 Å². The van der Waals surface area contributed by atoms with E-state index in [-0.39, 0.29) is 0 Å². The fourth-order valence-corrected chi connectivity index (χ4v) is 2.39. The number of benzene rings is 2. The average molecular weight is 303 g/mol. The van der Waals surface area contributed by atoms with E-state index in [9.17, 15) is 5.11 Å². The molecule has 1 aliphatic heterocycles. The summed E-state index contributed by atoms with van der Waals surface area (Å²) in [5.74, 6) is 0. The lowest BCUT2D eigenvalue weighted by Crippen LogP contribution is -2.29. The van der Waals surface area contributed by atoms with Crippen molar-refractivity contribution < 1.29 is 5.11 Å². The Morgan fingerprint density at radius 2 is 1.94 bits per heavy atom. The third-order valence-corrected chi connectivity index (χ3v) is 3.40. The number of hydrogen-bond acceptors (Lipinski definition) is 3. The maximum absolute atomic E-state index is 10.4. The highest BCUT2D eigenvalue weighted by molar-refractivity contribution is 9.10. The van der Waals surface area contributed by atoms with Crippen LogP contribution in [0.25, 0.3) is 0 Å². The second-order valence-electron chi connectivity index (χ2n) is 4.06. The van der Waals surface area contributed by atoms with Gasteiger partial charge in [0.15, 0.2) is 6.23 Å². The van der Waals surface area contributed by atoms with Crippen LogP contribution in [0.1, 0.15) is 11.8 Å². The van der Waals surface area contributed by atoms with Crippen LogP contribution < -0.4 is 4.90 Å². The zero-order valence-electron chi connectivity index (χ0n) is 9.49. The van der Waals surface area contributed by atoms with Gasteiger partial charge in [-0.05, 0) is 24.3 Å². The highest BCUT2D eigenvalue weighted by atomic mass is 79.9. The van der Waals surface area contributed by atoms with Crippen molar-refractivity contribution in [3.8, 4) is 0 Å². The van der Waals surface area contributed by atoms with E-state index in [0.29, 0.717) is 0 Å². The van der Waals surface area contributed by atoms with Crippen LogP contribution in [0.5, 0.6) is 0 Å². The van der Waals surface area contributed by atoms with Gasteiger partial charge in [0.05, 0.1) is 12.0 Å². The van der Waals surface area contributed by atoms with E-state index < -0.39 is 6.23 Å². The lowest BCUT2D eigenvalue weighted by Gasteiger charge is -2.30. The number of nitrogens with zero attached hydrogens (tertiary/aromatic N) is 2. The highest BCUT2D eigenvalue weighted by Gasteiger charge is 2.22. The Labute approximate surface area is 114 Å².